The fraction of sp³-hybridized carbons (Fsp3) is 0.333. The van der Waals surface area contributed by atoms with Crippen LogP contribution in [0.15, 0.2) is 9.59 Å². The number of rotatable bonds is 4. The van der Waals surface area contributed by atoms with Crippen molar-refractivity contribution in [3.05, 3.63) is 20.8 Å². The predicted octanol–water partition coefficient (Wildman–Crippen LogP) is -1.16. The molecule has 2 rings (SSSR count). The second kappa shape index (κ2) is 4.35. The smallest absolute Gasteiger partial charge is 0.329 e. The van der Waals surface area contributed by atoms with E-state index in [-0.39, 0.29) is 30.1 Å². The van der Waals surface area contributed by atoms with Gasteiger partial charge >= 0.3 is 11.7 Å². The van der Waals surface area contributed by atoms with E-state index in [2.05, 4.69) is 20.3 Å². The fourth-order valence-corrected chi connectivity index (χ4v) is 1.48. The zero-order valence-corrected chi connectivity index (χ0v) is 9.48. The summed E-state index contributed by atoms with van der Waals surface area (Å²) in [5.74, 6) is -0.693. The van der Waals surface area contributed by atoms with Crippen LogP contribution in [0.3, 0.4) is 0 Å². The highest BCUT2D eigenvalue weighted by Gasteiger charge is 2.10. The van der Waals surface area contributed by atoms with Gasteiger partial charge in [0.15, 0.2) is 11.2 Å². The van der Waals surface area contributed by atoms with Crippen molar-refractivity contribution in [3.63, 3.8) is 0 Å². The highest BCUT2D eigenvalue weighted by molar-refractivity contribution is 5.72. The van der Waals surface area contributed by atoms with Gasteiger partial charge in [0, 0.05) is 13.6 Å². The minimum Gasteiger partial charge on any atom is -0.481 e. The molecule has 0 saturated carbocycles. The lowest BCUT2D eigenvalue weighted by Crippen LogP contribution is -2.28. The van der Waals surface area contributed by atoms with E-state index in [1.165, 1.54) is 11.6 Å². The average Bonchev–Trinajstić information content (AvgIpc) is 2.70. The third kappa shape index (κ3) is 2.10. The highest BCUT2D eigenvalue weighted by atomic mass is 16.4. The first-order valence-electron chi connectivity index (χ1n) is 5.13. The van der Waals surface area contributed by atoms with Crippen molar-refractivity contribution in [3.8, 4) is 0 Å². The van der Waals surface area contributed by atoms with Gasteiger partial charge in [-0.15, -0.1) is 0 Å². The van der Waals surface area contributed by atoms with Crippen LogP contribution in [0, 0.1) is 0 Å². The highest BCUT2D eigenvalue weighted by Crippen LogP contribution is 2.07. The maximum atomic E-state index is 11.5. The van der Waals surface area contributed by atoms with Gasteiger partial charge in [-0.3, -0.25) is 19.1 Å². The van der Waals surface area contributed by atoms with Gasteiger partial charge in [-0.05, 0) is 0 Å². The van der Waals surface area contributed by atoms with Gasteiger partial charge in [0.1, 0.15) is 0 Å². The summed E-state index contributed by atoms with van der Waals surface area (Å²) in [7, 11) is 1.47. The third-order valence-corrected chi connectivity index (χ3v) is 2.39. The predicted molar refractivity (Wildman–Crippen MR) is 62.7 cm³/mol. The summed E-state index contributed by atoms with van der Waals surface area (Å²) >= 11 is 0. The third-order valence-electron chi connectivity index (χ3n) is 2.39. The normalized spacial score (nSPS) is 10.7. The second-order valence-electron chi connectivity index (χ2n) is 3.67. The van der Waals surface area contributed by atoms with Crippen molar-refractivity contribution in [1.29, 1.82) is 0 Å². The first-order chi connectivity index (χ1) is 8.49. The Morgan fingerprint density at radius 2 is 2.17 bits per heavy atom. The topological polar surface area (TPSA) is 133 Å². The molecule has 0 saturated heterocycles. The molecule has 0 aromatic carbocycles. The Labute approximate surface area is 99.5 Å². The van der Waals surface area contributed by atoms with Crippen molar-refractivity contribution in [2.45, 2.75) is 6.42 Å². The first-order valence-corrected chi connectivity index (χ1v) is 5.13. The number of nitrogens with zero attached hydrogens (tertiary/aromatic N) is 2. The second-order valence-corrected chi connectivity index (χ2v) is 3.67. The number of aryl methyl sites for hydroxylation is 1. The molecule has 0 fully saturated rings. The quantitative estimate of drug-likeness (QED) is 0.543. The van der Waals surface area contributed by atoms with Crippen molar-refractivity contribution in [2.75, 3.05) is 11.9 Å². The maximum Gasteiger partial charge on any atom is 0.329 e. The number of hydrogen-bond acceptors (Lipinski definition) is 5. The molecule has 96 valence electrons. The number of fused-ring (bicyclic) bond motifs is 1. The molecule has 9 heteroatoms. The Kier molecular flexibility index (Phi) is 2.88. The van der Waals surface area contributed by atoms with E-state index in [9.17, 15) is 14.4 Å². The molecule has 2 heterocycles. The molecule has 0 atom stereocenters. The molecule has 0 aliphatic rings. The molecular formula is C9H11N5O4. The van der Waals surface area contributed by atoms with E-state index >= 15 is 0 Å². The Balaban J connectivity index is 2.36. The van der Waals surface area contributed by atoms with Crippen LogP contribution in [0.25, 0.3) is 11.2 Å². The monoisotopic (exact) mass is 253 g/mol. The summed E-state index contributed by atoms with van der Waals surface area (Å²) in [5, 5.41) is 11.2. The molecule has 0 spiro atoms. The molecule has 18 heavy (non-hydrogen) atoms. The number of anilines is 1. The van der Waals surface area contributed by atoms with Crippen molar-refractivity contribution >= 4 is 23.1 Å². The summed E-state index contributed by atoms with van der Waals surface area (Å²) in [5.41, 5.74) is -0.750. The van der Waals surface area contributed by atoms with Gasteiger partial charge in [-0.25, -0.2) is 4.79 Å². The van der Waals surface area contributed by atoms with Crippen molar-refractivity contribution in [1.82, 2.24) is 19.5 Å². The summed E-state index contributed by atoms with van der Waals surface area (Å²) in [4.78, 5) is 42.0. The summed E-state index contributed by atoms with van der Waals surface area (Å²) < 4.78 is 1.19. The summed E-state index contributed by atoms with van der Waals surface area (Å²) in [6.07, 6.45) is -0.0771. The van der Waals surface area contributed by atoms with Gasteiger partial charge in [-0.2, -0.15) is 4.98 Å². The molecule has 0 amide bonds. The van der Waals surface area contributed by atoms with Crippen LogP contribution < -0.4 is 16.6 Å². The number of aromatic amines is 2. The Morgan fingerprint density at radius 1 is 1.44 bits per heavy atom. The molecule has 0 bridgehead atoms. The molecule has 0 aliphatic carbocycles. The van der Waals surface area contributed by atoms with Crippen LogP contribution in [0.2, 0.25) is 0 Å². The van der Waals surface area contributed by atoms with E-state index in [4.69, 9.17) is 5.11 Å². The van der Waals surface area contributed by atoms with Gasteiger partial charge in [0.2, 0.25) is 5.95 Å². The zero-order valence-electron chi connectivity index (χ0n) is 9.48. The summed E-state index contributed by atoms with van der Waals surface area (Å²) in [6.45, 7) is 0.168. The van der Waals surface area contributed by atoms with Crippen LogP contribution >= 0.6 is 0 Å². The summed E-state index contributed by atoms with van der Waals surface area (Å²) in [6, 6.07) is 0. The van der Waals surface area contributed by atoms with Gasteiger partial charge in [0.05, 0.1) is 6.42 Å². The largest absolute Gasteiger partial charge is 0.481 e. The van der Waals surface area contributed by atoms with E-state index in [1.54, 1.807) is 0 Å². The van der Waals surface area contributed by atoms with Crippen LogP contribution in [0.4, 0.5) is 5.95 Å². The minimum absolute atomic E-state index is 0.0771. The van der Waals surface area contributed by atoms with Crippen LogP contribution in [0.1, 0.15) is 6.42 Å². The molecule has 2 aromatic rings. The maximum absolute atomic E-state index is 11.5. The molecule has 0 radical (unpaired) electrons. The number of imidazole rings is 1. The number of hydrogen-bond donors (Lipinski definition) is 4. The van der Waals surface area contributed by atoms with Gasteiger partial charge < -0.3 is 15.4 Å². The van der Waals surface area contributed by atoms with Crippen LogP contribution in [-0.2, 0) is 11.8 Å². The molecule has 9 nitrogen and oxygen atoms in total. The number of H-pyrrole nitrogens is 2. The van der Waals surface area contributed by atoms with E-state index in [0.717, 1.165) is 0 Å². The lowest BCUT2D eigenvalue weighted by molar-refractivity contribution is -0.136. The zero-order chi connectivity index (χ0) is 13.3. The molecule has 4 N–H and O–H groups in total. The molecule has 2 aromatic heterocycles. The van der Waals surface area contributed by atoms with Crippen molar-refractivity contribution in [2.24, 2.45) is 7.05 Å². The number of nitrogens with one attached hydrogen (secondary N) is 3. The standard InChI is InChI=1S/C9H11N5O4/c1-14-6-5(7(17)13-9(14)18)11-8(12-6)10-3-2-4(15)16/h2-3H2,1H3,(H,15,16)(H2,10,11,12)(H,13,17,18). The Bertz CT molecular complexity index is 710. The number of carboxylic acids is 1. The first kappa shape index (κ1) is 11.9. The Hall–Kier alpha value is -2.58. The SMILES string of the molecule is Cn1c(=O)[nH]c(=O)c2[nH]c(NCCC(=O)O)nc21. The van der Waals surface area contributed by atoms with Gasteiger partial charge in [-0.1, -0.05) is 0 Å². The minimum atomic E-state index is -0.941. The molecule has 0 aliphatic heterocycles. The Morgan fingerprint density at radius 3 is 2.83 bits per heavy atom. The van der Waals surface area contributed by atoms with E-state index in [1.807, 2.05) is 0 Å². The number of carboxylic acid groups (broad SMARTS) is 1. The van der Waals surface area contributed by atoms with Crippen LogP contribution in [0.5, 0.6) is 0 Å². The molecule has 0 unspecified atom stereocenters. The fourth-order valence-electron chi connectivity index (χ4n) is 1.48. The van der Waals surface area contributed by atoms with Crippen LogP contribution in [-0.4, -0.2) is 37.1 Å². The van der Waals surface area contributed by atoms with E-state index in [0.29, 0.717) is 0 Å². The average molecular weight is 253 g/mol. The number of aromatic nitrogens is 4. The number of carbonyl (C=O) groups is 1. The molecular weight excluding hydrogens is 242 g/mol. The lowest BCUT2D eigenvalue weighted by atomic mass is 10.4. The lowest BCUT2D eigenvalue weighted by Gasteiger charge is -1.97. The number of aliphatic carboxylic acids is 1. The van der Waals surface area contributed by atoms with Gasteiger partial charge in [0.25, 0.3) is 5.56 Å². The van der Waals surface area contributed by atoms with E-state index < -0.39 is 17.2 Å². The van der Waals surface area contributed by atoms with Crippen molar-refractivity contribution < 1.29 is 9.90 Å².